The largest absolute Gasteiger partial charge is 0.360 e. The van der Waals surface area contributed by atoms with Gasteiger partial charge in [-0.2, -0.15) is 9.03 Å². The fourth-order valence-corrected chi connectivity index (χ4v) is 6.22. The molecule has 164 valence electrons. The number of nitrogens with zero attached hydrogens (tertiary/aromatic N) is 6. The number of rotatable bonds is 6. The molecule has 30 heavy (non-hydrogen) atoms. The van der Waals surface area contributed by atoms with Crippen molar-refractivity contribution < 1.29 is 16.8 Å². The molecule has 0 saturated heterocycles. The molecular weight excluding hydrogens is 564 g/mol. The molecule has 0 aliphatic carbocycles. The van der Waals surface area contributed by atoms with E-state index in [1.807, 2.05) is 6.92 Å². The molecule has 4 aromatic heterocycles. The molecule has 0 aromatic carbocycles. The van der Waals surface area contributed by atoms with E-state index in [1.54, 1.807) is 6.92 Å². The molecule has 0 bridgehead atoms. The van der Waals surface area contributed by atoms with Gasteiger partial charge in [-0.25, -0.2) is 31.5 Å². The zero-order valence-corrected chi connectivity index (χ0v) is 20.9. The summed E-state index contributed by atoms with van der Waals surface area (Å²) in [7, 11) is -2.16. The van der Waals surface area contributed by atoms with Crippen LogP contribution in [0, 0.1) is 0 Å². The van der Waals surface area contributed by atoms with E-state index < -0.39 is 19.1 Å². The van der Waals surface area contributed by atoms with Crippen molar-refractivity contribution in [3.63, 3.8) is 0 Å². The van der Waals surface area contributed by atoms with Gasteiger partial charge in [-0.05, 0) is 22.9 Å². The lowest BCUT2D eigenvalue weighted by Crippen LogP contribution is -2.24. The van der Waals surface area contributed by atoms with E-state index in [0.717, 1.165) is 6.54 Å². The molecule has 2 N–H and O–H groups in total. The van der Waals surface area contributed by atoms with E-state index in [9.17, 15) is 16.8 Å². The third kappa shape index (κ3) is 4.92. The van der Waals surface area contributed by atoms with Crippen LogP contribution < -0.4 is 10.0 Å². The average molecular weight is 578 g/mol. The standard InChI is InChI=1S/C8H13N5O2S2.C4HBrClN3O2S2/c1-3-9-7-12-13-6(5-10-8(13)16-7)17(14,15)11-4-2;5-3-8-9-2(13(6,10)11)1-7-4(9)12-3/h5,11H,3-4H2,1-2H3,(H,9,12);1H. The number of halogens is 2. The Labute approximate surface area is 191 Å². The maximum absolute atomic E-state index is 11.8. The zero-order chi connectivity index (χ0) is 22.1. The first-order valence-electron chi connectivity index (χ1n) is 8.09. The Morgan fingerprint density at radius 3 is 2.20 bits per heavy atom. The Morgan fingerprint density at radius 1 is 1.00 bits per heavy atom. The van der Waals surface area contributed by atoms with Gasteiger partial charge in [-0.1, -0.05) is 29.6 Å². The van der Waals surface area contributed by atoms with E-state index in [0.29, 0.717) is 25.5 Å². The van der Waals surface area contributed by atoms with Crippen molar-refractivity contribution in [2.75, 3.05) is 18.4 Å². The van der Waals surface area contributed by atoms with Crippen molar-refractivity contribution in [1.82, 2.24) is 33.9 Å². The molecule has 0 amide bonds. The number of imidazole rings is 2. The number of hydrogen-bond acceptors (Lipinski definition) is 11. The van der Waals surface area contributed by atoms with Crippen molar-refractivity contribution in [3.05, 3.63) is 16.3 Å². The molecule has 4 heterocycles. The molecule has 0 spiro atoms. The van der Waals surface area contributed by atoms with Crippen LogP contribution in [0.3, 0.4) is 0 Å². The minimum atomic E-state index is -3.78. The van der Waals surface area contributed by atoms with Gasteiger partial charge in [-0.15, -0.1) is 10.2 Å². The number of sulfonamides is 1. The predicted molar refractivity (Wildman–Crippen MR) is 117 cm³/mol. The molecule has 4 aromatic rings. The van der Waals surface area contributed by atoms with Gasteiger partial charge in [0.2, 0.25) is 15.1 Å². The molecule has 12 nitrogen and oxygen atoms in total. The van der Waals surface area contributed by atoms with Crippen LogP contribution in [0.4, 0.5) is 5.13 Å². The Hall–Kier alpha value is -1.37. The first-order chi connectivity index (χ1) is 14.1. The summed E-state index contributed by atoms with van der Waals surface area (Å²) in [4.78, 5) is 8.89. The highest BCUT2D eigenvalue weighted by molar-refractivity contribution is 9.11. The van der Waals surface area contributed by atoms with Gasteiger partial charge in [0.1, 0.15) is 0 Å². The first kappa shape index (κ1) is 23.3. The summed E-state index contributed by atoms with van der Waals surface area (Å²) in [6, 6.07) is 0. The van der Waals surface area contributed by atoms with Gasteiger partial charge in [0.25, 0.3) is 19.1 Å². The summed E-state index contributed by atoms with van der Waals surface area (Å²) in [5.74, 6) is 0. The minimum Gasteiger partial charge on any atom is -0.360 e. The number of aromatic nitrogens is 6. The lowest BCUT2D eigenvalue weighted by atomic mass is 10.8. The smallest absolute Gasteiger partial charge is 0.280 e. The number of fused-ring (bicyclic) bond motifs is 2. The maximum atomic E-state index is 11.8. The summed E-state index contributed by atoms with van der Waals surface area (Å²) in [5, 5.41) is 11.6. The monoisotopic (exact) mass is 576 g/mol. The van der Waals surface area contributed by atoms with E-state index in [-0.39, 0.29) is 10.1 Å². The highest BCUT2D eigenvalue weighted by Gasteiger charge is 2.21. The zero-order valence-electron chi connectivity index (χ0n) is 15.3. The van der Waals surface area contributed by atoms with E-state index in [1.165, 1.54) is 44.1 Å². The minimum absolute atomic E-state index is 0.0646. The summed E-state index contributed by atoms with van der Waals surface area (Å²) in [6.45, 7) is 4.73. The van der Waals surface area contributed by atoms with E-state index in [2.05, 4.69) is 46.1 Å². The van der Waals surface area contributed by atoms with Gasteiger partial charge in [0, 0.05) is 23.8 Å². The van der Waals surface area contributed by atoms with Crippen molar-refractivity contribution >= 4 is 83.4 Å². The third-order valence-corrected chi connectivity index (χ3v) is 8.26. The van der Waals surface area contributed by atoms with Crippen LogP contribution in [0.5, 0.6) is 0 Å². The maximum Gasteiger partial charge on any atom is 0.280 e. The van der Waals surface area contributed by atoms with Gasteiger partial charge < -0.3 is 5.32 Å². The number of nitrogens with one attached hydrogen (secondary N) is 2. The van der Waals surface area contributed by atoms with Crippen LogP contribution in [0.1, 0.15) is 13.8 Å². The molecule has 0 radical (unpaired) electrons. The predicted octanol–water partition coefficient (Wildman–Crippen LogP) is 2.00. The first-order valence-corrected chi connectivity index (χ1v) is 14.3. The summed E-state index contributed by atoms with van der Waals surface area (Å²) in [5.41, 5.74) is 0. The molecule has 0 saturated carbocycles. The highest BCUT2D eigenvalue weighted by Crippen LogP contribution is 2.24. The van der Waals surface area contributed by atoms with Crippen LogP contribution in [0.2, 0.25) is 0 Å². The second-order valence-electron chi connectivity index (χ2n) is 5.31. The Kier molecular flexibility index (Phi) is 7.00. The second-order valence-corrected chi connectivity index (χ2v) is 12.7. The molecule has 0 fully saturated rings. The topological polar surface area (TPSA) is 153 Å². The summed E-state index contributed by atoms with van der Waals surface area (Å²) >= 11 is 5.65. The molecule has 4 rings (SSSR count). The molecule has 18 heteroatoms. The van der Waals surface area contributed by atoms with Gasteiger partial charge in [-0.3, -0.25) is 0 Å². The van der Waals surface area contributed by atoms with Crippen molar-refractivity contribution in [1.29, 1.82) is 0 Å². The molecule has 0 unspecified atom stereocenters. The lowest BCUT2D eigenvalue weighted by molar-refractivity contribution is 0.576. The lowest BCUT2D eigenvalue weighted by Gasteiger charge is -2.01. The number of anilines is 1. The van der Waals surface area contributed by atoms with Gasteiger partial charge in [0.15, 0.2) is 14.0 Å². The fourth-order valence-electron chi connectivity index (χ4n) is 2.16. The van der Waals surface area contributed by atoms with Crippen LogP contribution in [-0.4, -0.2) is 59.1 Å². The van der Waals surface area contributed by atoms with Crippen LogP contribution in [0.15, 0.2) is 26.4 Å². The second kappa shape index (κ2) is 9.01. The third-order valence-electron chi connectivity index (χ3n) is 3.27. The fraction of sp³-hybridized carbons (Fsp3) is 0.333. The Morgan fingerprint density at radius 2 is 1.60 bits per heavy atom. The highest BCUT2D eigenvalue weighted by atomic mass is 79.9. The molecule has 0 atom stereocenters. The quantitative estimate of drug-likeness (QED) is 0.328. The van der Waals surface area contributed by atoms with Crippen LogP contribution in [-0.2, 0) is 19.1 Å². The molecule has 0 aliphatic heterocycles. The normalized spacial score (nSPS) is 12.3. The number of hydrogen-bond donors (Lipinski definition) is 2. The van der Waals surface area contributed by atoms with Crippen LogP contribution >= 0.6 is 49.3 Å². The summed E-state index contributed by atoms with van der Waals surface area (Å²) in [6.07, 6.45) is 2.49. The van der Waals surface area contributed by atoms with Crippen molar-refractivity contribution in [2.45, 2.75) is 23.9 Å². The van der Waals surface area contributed by atoms with Crippen molar-refractivity contribution in [2.24, 2.45) is 0 Å². The van der Waals surface area contributed by atoms with Crippen molar-refractivity contribution in [3.8, 4) is 0 Å². The van der Waals surface area contributed by atoms with Crippen LogP contribution in [0.25, 0.3) is 9.92 Å². The SMILES string of the molecule is CCNc1nn2c(S(=O)(=O)NCC)cnc2s1.O=S(=O)(Cl)c1cnc2sc(Br)nn12. The van der Waals surface area contributed by atoms with Gasteiger partial charge >= 0.3 is 0 Å². The van der Waals surface area contributed by atoms with Gasteiger partial charge in [0.05, 0.1) is 12.4 Å². The average Bonchev–Trinajstić information content (AvgIpc) is 3.34. The molecular formula is C12H14BrClN8O4S4. The Balaban J connectivity index is 0.000000177. The van der Waals surface area contributed by atoms with E-state index in [4.69, 9.17) is 10.7 Å². The van der Waals surface area contributed by atoms with E-state index >= 15 is 0 Å². The molecule has 0 aliphatic rings. The Bertz CT molecular complexity index is 1390. The summed E-state index contributed by atoms with van der Waals surface area (Å²) < 4.78 is 51.1.